The van der Waals surface area contributed by atoms with Gasteiger partial charge >= 0.3 is 5.97 Å². The van der Waals surface area contributed by atoms with Crippen molar-refractivity contribution in [2.45, 2.75) is 115 Å². The quantitative estimate of drug-likeness (QED) is 0.365. The molecular weight excluding hydrogens is 548 g/mol. The summed E-state index contributed by atoms with van der Waals surface area (Å²) in [5, 5.41) is 9.96. The Morgan fingerprint density at radius 3 is 2.44 bits per heavy atom. The molecule has 0 bridgehead atoms. The molecule has 1 unspecified atom stereocenters. The number of aliphatic hydroxyl groups is 1. The van der Waals surface area contributed by atoms with Gasteiger partial charge in [0.2, 0.25) is 21.8 Å². The molecule has 4 aliphatic rings. The van der Waals surface area contributed by atoms with Crippen molar-refractivity contribution in [3.63, 3.8) is 0 Å². The Labute approximate surface area is 243 Å². The fourth-order valence-electron chi connectivity index (χ4n) is 6.30. The monoisotopic (exact) mass is 594 g/mol. The number of allylic oxidation sites excluding steroid dienone is 2. The molecule has 1 saturated heterocycles. The normalized spacial score (nSPS) is 35.9. The molecule has 4 rings (SSSR count). The van der Waals surface area contributed by atoms with Crippen LogP contribution in [0.1, 0.15) is 92.4 Å². The molecule has 11 heteroatoms. The fraction of sp³-hybridized carbons (Fsp3) is 0.800. The van der Waals surface area contributed by atoms with Gasteiger partial charge in [0, 0.05) is 19.4 Å². The first kappa shape index (κ1) is 31.7. The minimum absolute atomic E-state index is 0.0354. The van der Waals surface area contributed by atoms with Crippen LogP contribution in [0.4, 0.5) is 0 Å². The topological polar surface area (TPSA) is 147 Å². The largest absolute Gasteiger partial charge is 0.460 e. The third kappa shape index (κ3) is 7.58. The van der Waals surface area contributed by atoms with Gasteiger partial charge < -0.3 is 14.7 Å². The number of hydrogen-bond donors (Lipinski definition) is 2. The van der Waals surface area contributed by atoms with Crippen LogP contribution in [0.3, 0.4) is 0 Å². The molecule has 0 aromatic heterocycles. The number of fused-ring (bicyclic) bond motifs is 2. The van der Waals surface area contributed by atoms with E-state index in [-0.39, 0.29) is 55.3 Å². The van der Waals surface area contributed by atoms with E-state index in [2.05, 4.69) is 11.6 Å². The van der Waals surface area contributed by atoms with Gasteiger partial charge in [-0.25, -0.2) is 8.42 Å². The van der Waals surface area contributed by atoms with Crippen LogP contribution in [0.15, 0.2) is 12.2 Å². The lowest BCUT2D eigenvalue weighted by Gasteiger charge is -2.32. The van der Waals surface area contributed by atoms with Crippen LogP contribution in [0, 0.1) is 29.1 Å². The standard InChI is InChI=1S/C30H46N2O8S/c1-18-7-6-8-19(2)23(14-26(35)40-29(3,4)5)27(36)32-17-21(33)13-24(32)25(34)16-30(15-20(30)10-9-18)28(37)31-41(38,39)22-11-12-22/h9-10,18-24,33H,6-8,11-17H2,1-5H3,(H,31,37)/b10-9-/t18?,19-,20-,21-,23+,24+,30-/m1/s1. The predicted molar refractivity (Wildman–Crippen MR) is 152 cm³/mol. The van der Waals surface area contributed by atoms with Gasteiger partial charge in [-0.1, -0.05) is 32.4 Å². The average molecular weight is 595 g/mol. The molecule has 2 N–H and O–H groups in total. The van der Waals surface area contributed by atoms with Gasteiger partial charge in [-0.05, 0) is 70.6 Å². The number of aliphatic hydroxyl groups excluding tert-OH is 1. The lowest BCUT2D eigenvalue weighted by Crippen LogP contribution is -2.47. The lowest BCUT2D eigenvalue weighted by atomic mass is 9.84. The zero-order chi connectivity index (χ0) is 30.3. The van der Waals surface area contributed by atoms with Gasteiger partial charge in [0.15, 0.2) is 5.78 Å². The maximum absolute atomic E-state index is 14.0. The van der Waals surface area contributed by atoms with E-state index < -0.39 is 56.2 Å². The number of rotatable bonds is 5. The molecular formula is C30H46N2O8S. The zero-order valence-corrected chi connectivity index (χ0v) is 25.7. The first-order valence-corrected chi connectivity index (χ1v) is 16.5. The SMILES string of the molecule is CC1/C=C\[C@@H]2C[C@@]2(C(=O)NS(=O)(=O)C2CC2)CC(=O)[C@@H]2C[C@@H](O)CN2C(=O)[C@@H](CC(=O)OC(C)(C)C)[C@H](C)CCC1. The minimum atomic E-state index is -3.80. The van der Waals surface area contributed by atoms with Gasteiger partial charge in [-0.15, -0.1) is 0 Å². The number of carbonyl (C=O) groups excluding carboxylic acids is 4. The molecule has 0 radical (unpaired) electrons. The summed E-state index contributed by atoms with van der Waals surface area (Å²) in [5.41, 5.74) is -1.92. The molecule has 2 amide bonds. The van der Waals surface area contributed by atoms with Gasteiger partial charge in [0.05, 0.1) is 35.1 Å². The third-order valence-electron chi connectivity index (χ3n) is 9.01. The molecule has 0 aromatic rings. The number of esters is 1. The number of ether oxygens (including phenoxy) is 1. The van der Waals surface area contributed by atoms with Gasteiger partial charge in [-0.3, -0.25) is 23.9 Å². The molecule has 7 atom stereocenters. The third-order valence-corrected chi connectivity index (χ3v) is 10.8. The summed E-state index contributed by atoms with van der Waals surface area (Å²) in [7, 11) is -3.80. The van der Waals surface area contributed by atoms with E-state index in [1.807, 2.05) is 19.1 Å². The molecule has 3 fully saturated rings. The highest BCUT2D eigenvalue weighted by Gasteiger charge is 2.61. The predicted octanol–water partition coefficient (Wildman–Crippen LogP) is 2.88. The second-order valence-corrected chi connectivity index (χ2v) is 15.8. The molecule has 2 heterocycles. The highest BCUT2D eigenvalue weighted by Crippen LogP contribution is 2.57. The lowest BCUT2D eigenvalue weighted by molar-refractivity contribution is -0.159. The van der Waals surface area contributed by atoms with Crippen LogP contribution in [0.2, 0.25) is 0 Å². The van der Waals surface area contributed by atoms with Crippen LogP contribution in [0.5, 0.6) is 0 Å². The first-order chi connectivity index (χ1) is 19.0. The minimum Gasteiger partial charge on any atom is -0.460 e. The van der Waals surface area contributed by atoms with Crippen molar-refractivity contribution < 1.29 is 37.4 Å². The summed E-state index contributed by atoms with van der Waals surface area (Å²) in [6, 6.07) is -0.954. The smallest absolute Gasteiger partial charge is 0.307 e. The Kier molecular flexibility index (Phi) is 9.10. The van der Waals surface area contributed by atoms with Crippen molar-refractivity contribution in [2.75, 3.05) is 6.54 Å². The number of hydrogen-bond acceptors (Lipinski definition) is 8. The van der Waals surface area contributed by atoms with E-state index in [1.54, 1.807) is 20.8 Å². The Bertz CT molecular complexity index is 1190. The maximum Gasteiger partial charge on any atom is 0.307 e. The molecule has 41 heavy (non-hydrogen) atoms. The highest BCUT2D eigenvalue weighted by atomic mass is 32.2. The van der Waals surface area contributed by atoms with Gasteiger partial charge in [-0.2, -0.15) is 0 Å². The summed E-state index contributed by atoms with van der Waals surface area (Å²) >= 11 is 0. The van der Waals surface area contributed by atoms with Crippen molar-refractivity contribution >= 4 is 33.6 Å². The molecule has 2 aliphatic carbocycles. The van der Waals surface area contributed by atoms with E-state index in [1.165, 1.54) is 4.90 Å². The van der Waals surface area contributed by atoms with E-state index in [4.69, 9.17) is 4.74 Å². The fourth-order valence-corrected chi connectivity index (χ4v) is 7.69. The van der Waals surface area contributed by atoms with Crippen molar-refractivity contribution in [3.8, 4) is 0 Å². The van der Waals surface area contributed by atoms with Crippen molar-refractivity contribution in [1.29, 1.82) is 0 Å². The number of Topliss-reactive ketones (excluding diaryl/α,β-unsaturated/α-hetero) is 1. The van der Waals surface area contributed by atoms with Gasteiger partial charge in [0.25, 0.3) is 0 Å². The second-order valence-electron chi connectivity index (χ2n) is 13.8. The number of amides is 2. The summed E-state index contributed by atoms with van der Waals surface area (Å²) < 4.78 is 32.9. The van der Waals surface area contributed by atoms with Gasteiger partial charge in [0.1, 0.15) is 5.60 Å². The Balaban J connectivity index is 1.62. The molecule has 2 aliphatic heterocycles. The highest BCUT2D eigenvalue weighted by molar-refractivity contribution is 7.90. The Hall–Kier alpha value is -2.27. The number of carbonyl (C=O) groups is 4. The number of nitrogens with one attached hydrogen (secondary N) is 1. The molecule has 10 nitrogen and oxygen atoms in total. The summed E-state index contributed by atoms with van der Waals surface area (Å²) in [4.78, 5) is 55.4. The Morgan fingerprint density at radius 1 is 1.12 bits per heavy atom. The van der Waals surface area contributed by atoms with Crippen LogP contribution in [-0.4, -0.2) is 71.5 Å². The molecule has 0 spiro atoms. The van der Waals surface area contributed by atoms with Crippen molar-refractivity contribution in [2.24, 2.45) is 29.1 Å². The van der Waals surface area contributed by atoms with E-state index in [0.29, 0.717) is 25.7 Å². The summed E-state index contributed by atoms with van der Waals surface area (Å²) in [6.07, 6.45) is 6.42. The van der Waals surface area contributed by atoms with Crippen LogP contribution >= 0.6 is 0 Å². The first-order valence-electron chi connectivity index (χ1n) is 15.0. The molecule has 2 saturated carbocycles. The second kappa shape index (κ2) is 11.8. The Morgan fingerprint density at radius 2 is 1.80 bits per heavy atom. The van der Waals surface area contributed by atoms with Crippen molar-refractivity contribution in [3.05, 3.63) is 12.2 Å². The maximum atomic E-state index is 14.0. The van der Waals surface area contributed by atoms with Crippen LogP contribution in [0.25, 0.3) is 0 Å². The van der Waals surface area contributed by atoms with E-state index in [9.17, 15) is 32.7 Å². The number of nitrogens with zero attached hydrogens (tertiary/aromatic N) is 1. The molecule has 230 valence electrons. The zero-order valence-electron chi connectivity index (χ0n) is 24.9. The van der Waals surface area contributed by atoms with Crippen LogP contribution in [-0.2, 0) is 33.9 Å². The summed E-state index contributed by atoms with van der Waals surface area (Å²) in [6.45, 7) is 9.25. The van der Waals surface area contributed by atoms with E-state index >= 15 is 0 Å². The molecule has 0 aromatic carbocycles. The number of ketones is 1. The van der Waals surface area contributed by atoms with E-state index in [0.717, 1.165) is 12.8 Å². The summed E-state index contributed by atoms with van der Waals surface area (Å²) in [5.74, 6) is -2.91. The van der Waals surface area contributed by atoms with Crippen LogP contribution < -0.4 is 4.72 Å². The average Bonchev–Trinajstić information content (AvgIpc) is 3.76. The number of sulfonamides is 1. The van der Waals surface area contributed by atoms with Crippen molar-refractivity contribution in [1.82, 2.24) is 9.62 Å².